The maximum absolute atomic E-state index is 10.3. The Hall–Kier alpha value is -2.30. The van der Waals surface area contributed by atoms with Gasteiger partial charge < -0.3 is 9.84 Å². The number of carbonyl (C=O) groups is 1. The van der Waals surface area contributed by atoms with E-state index < -0.39 is 5.97 Å². The molecule has 0 aliphatic heterocycles. The summed E-state index contributed by atoms with van der Waals surface area (Å²) in [7, 11) is 0. The van der Waals surface area contributed by atoms with E-state index >= 15 is 0 Å². The highest BCUT2D eigenvalue weighted by molar-refractivity contribution is 5.68. The van der Waals surface area contributed by atoms with Crippen LogP contribution in [0.4, 0.5) is 0 Å². The summed E-state index contributed by atoms with van der Waals surface area (Å²) in [5.74, 6) is -0.745. The highest BCUT2D eigenvalue weighted by atomic mass is 16.5. The number of carboxylic acids is 1. The molecule has 0 bridgehead atoms. The molecule has 1 aromatic heterocycles. The summed E-state index contributed by atoms with van der Waals surface area (Å²) in [6, 6.07) is 11.3. The van der Waals surface area contributed by atoms with Crippen molar-refractivity contribution in [2.45, 2.75) is 0 Å². The predicted octanol–water partition coefficient (Wildman–Crippen LogP) is 1.54. The van der Waals surface area contributed by atoms with Crippen LogP contribution in [0.25, 0.3) is 11.3 Å². The quantitative estimate of drug-likeness (QED) is 0.816. The number of hydrogen-bond acceptors (Lipinski definition) is 3. The van der Waals surface area contributed by atoms with Crippen LogP contribution in [-0.2, 0) is 4.79 Å². The Morgan fingerprint density at radius 2 is 2.12 bits per heavy atom. The zero-order valence-corrected chi connectivity index (χ0v) is 8.38. The fourth-order valence-corrected chi connectivity index (χ4v) is 1.28. The first-order valence-corrected chi connectivity index (χ1v) is 4.71. The molecule has 0 radical (unpaired) electrons. The predicted molar refractivity (Wildman–Crippen MR) is 57.2 cm³/mol. The van der Waals surface area contributed by atoms with Crippen molar-refractivity contribution in [1.82, 2.24) is 10.2 Å². The largest absolute Gasteiger partial charge is 0.479 e. The maximum Gasteiger partial charge on any atom is 0.341 e. The lowest BCUT2D eigenvalue weighted by Crippen LogP contribution is -2.09. The van der Waals surface area contributed by atoms with E-state index in [1.807, 2.05) is 30.3 Å². The van der Waals surface area contributed by atoms with Gasteiger partial charge in [0.25, 0.3) is 0 Å². The standard InChI is InChI=1S/C11H10N2O3/c14-11(15)7-16-10-6-9(12-13-10)8-4-2-1-3-5-8/h1-6H,7H2,(H,12,13)(H,14,15). The van der Waals surface area contributed by atoms with E-state index in [1.54, 1.807) is 6.07 Å². The lowest BCUT2D eigenvalue weighted by Gasteiger charge is -1.95. The molecular weight excluding hydrogens is 208 g/mol. The van der Waals surface area contributed by atoms with Gasteiger partial charge in [0.15, 0.2) is 6.61 Å². The number of hydrogen-bond donors (Lipinski definition) is 2. The number of ether oxygens (including phenoxy) is 1. The molecule has 0 aliphatic rings. The number of H-pyrrole nitrogens is 1. The van der Waals surface area contributed by atoms with E-state index in [1.165, 1.54) is 0 Å². The van der Waals surface area contributed by atoms with Crippen molar-refractivity contribution in [2.24, 2.45) is 0 Å². The molecule has 0 aliphatic carbocycles. The molecule has 0 atom stereocenters. The minimum atomic E-state index is -1.02. The third kappa shape index (κ3) is 2.38. The average molecular weight is 218 g/mol. The van der Waals surface area contributed by atoms with Gasteiger partial charge in [-0.15, -0.1) is 5.10 Å². The normalized spacial score (nSPS) is 10.0. The number of nitrogens with zero attached hydrogens (tertiary/aromatic N) is 1. The minimum absolute atomic E-state index is 0.279. The van der Waals surface area contributed by atoms with Gasteiger partial charge in [0.1, 0.15) is 0 Å². The molecule has 2 rings (SSSR count). The molecule has 0 unspecified atom stereocenters. The summed E-state index contributed by atoms with van der Waals surface area (Å²) in [6.45, 7) is -0.390. The second-order valence-electron chi connectivity index (χ2n) is 3.17. The SMILES string of the molecule is O=C(O)COc1cc(-c2ccccc2)[nH]n1. The van der Waals surface area contributed by atoms with Gasteiger partial charge >= 0.3 is 5.97 Å². The van der Waals surface area contributed by atoms with E-state index in [2.05, 4.69) is 10.2 Å². The molecule has 0 amide bonds. The van der Waals surface area contributed by atoms with Crippen LogP contribution in [-0.4, -0.2) is 27.9 Å². The zero-order valence-electron chi connectivity index (χ0n) is 8.38. The second kappa shape index (κ2) is 4.48. The van der Waals surface area contributed by atoms with Crippen LogP contribution in [0.5, 0.6) is 5.88 Å². The molecule has 0 saturated carbocycles. The van der Waals surface area contributed by atoms with Gasteiger partial charge in [-0.05, 0) is 5.56 Å². The van der Waals surface area contributed by atoms with Crippen molar-refractivity contribution in [3.63, 3.8) is 0 Å². The fourth-order valence-electron chi connectivity index (χ4n) is 1.28. The van der Waals surface area contributed by atoms with Crippen LogP contribution in [0.1, 0.15) is 0 Å². The summed E-state index contributed by atoms with van der Waals surface area (Å²) in [4.78, 5) is 10.3. The van der Waals surface area contributed by atoms with Crippen LogP contribution >= 0.6 is 0 Å². The molecule has 1 heterocycles. The first-order valence-electron chi connectivity index (χ1n) is 4.71. The van der Waals surface area contributed by atoms with Crippen molar-refractivity contribution in [2.75, 3.05) is 6.61 Å². The number of carboxylic acid groups (broad SMARTS) is 1. The summed E-state index contributed by atoms with van der Waals surface area (Å²) < 4.78 is 4.93. The Labute approximate surface area is 91.7 Å². The number of aromatic amines is 1. The summed E-state index contributed by atoms with van der Waals surface area (Å²) >= 11 is 0. The maximum atomic E-state index is 10.3. The van der Waals surface area contributed by atoms with Crippen molar-refractivity contribution >= 4 is 5.97 Å². The summed E-state index contributed by atoms with van der Waals surface area (Å²) in [5.41, 5.74) is 1.76. The third-order valence-electron chi connectivity index (χ3n) is 1.98. The highest BCUT2D eigenvalue weighted by Crippen LogP contribution is 2.19. The van der Waals surface area contributed by atoms with Crippen molar-refractivity contribution in [3.05, 3.63) is 36.4 Å². The zero-order chi connectivity index (χ0) is 11.4. The van der Waals surface area contributed by atoms with Crippen LogP contribution in [0, 0.1) is 0 Å². The Bertz CT molecular complexity index is 479. The second-order valence-corrected chi connectivity index (χ2v) is 3.17. The van der Waals surface area contributed by atoms with Gasteiger partial charge in [0.05, 0.1) is 5.69 Å². The van der Waals surface area contributed by atoms with Crippen molar-refractivity contribution in [1.29, 1.82) is 0 Å². The van der Waals surface area contributed by atoms with Gasteiger partial charge in [0.2, 0.25) is 5.88 Å². The van der Waals surface area contributed by atoms with Crippen LogP contribution in [0.3, 0.4) is 0 Å². The van der Waals surface area contributed by atoms with Crippen molar-refractivity contribution in [3.8, 4) is 17.1 Å². The molecule has 1 aromatic carbocycles. The van der Waals surface area contributed by atoms with Gasteiger partial charge in [0, 0.05) is 6.07 Å². The van der Waals surface area contributed by atoms with Gasteiger partial charge in [-0.25, -0.2) is 4.79 Å². The number of rotatable bonds is 4. The molecule has 5 heteroatoms. The number of nitrogens with one attached hydrogen (secondary N) is 1. The van der Waals surface area contributed by atoms with Gasteiger partial charge in [-0.2, -0.15) is 0 Å². The van der Waals surface area contributed by atoms with E-state index in [9.17, 15) is 4.79 Å². The molecule has 82 valence electrons. The Balaban J connectivity index is 2.11. The van der Waals surface area contributed by atoms with Crippen LogP contribution < -0.4 is 4.74 Å². The topological polar surface area (TPSA) is 75.2 Å². The molecular formula is C11H10N2O3. The van der Waals surface area contributed by atoms with Crippen LogP contribution in [0.2, 0.25) is 0 Å². The number of benzene rings is 1. The third-order valence-corrected chi connectivity index (χ3v) is 1.98. The molecule has 2 aromatic rings. The Morgan fingerprint density at radius 3 is 2.81 bits per heavy atom. The molecule has 0 fully saturated rings. The first-order chi connectivity index (χ1) is 7.75. The monoisotopic (exact) mass is 218 g/mol. The number of aromatic nitrogens is 2. The van der Waals surface area contributed by atoms with E-state index in [0.29, 0.717) is 0 Å². The Kier molecular flexibility index (Phi) is 2.86. The Morgan fingerprint density at radius 1 is 1.38 bits per heavy atom. The molecule has 16 heavy (non-hydrogen) atoms. The minimum Gasteiger partial charge on any atom is -0.479 e. The lowest BCUT2D eigenvalue weighted by atomic mass is 10.2. The molecule has 0 spiro atoms. The average Bonchev–Trinajstić information content (AvgIpc) is 2.76. The number of aliphatic carboxylic acids is 1. The molecule has 2 N–H and O–H groups in total. The molecule has 5 nitrogen and oxygen atoms in total. The smallest absolute Gasteiger partial charge is 0.341 e. The van der Waals surface area contributed by atoms with Gasteiger partial charge in [-0.3, -0.25) is 5.10 Å². The van der Waals surface area contributed by atoms with E-state index in [0.717, 1.165) is 11.3 Å². The van der Waals surface area contributed by atoms with Crippen molar-refractivity contribution < 1.29 is 14.6 Å². The fraction of sp³-hybridized carbons (Fsp3) is 0.0909. The molecule has 0 saturated heterocycles. The first kappa shape index (κ1) is 10.2. The van der Waals surface area contributed by atoms with Crippen LogP contribution in [0.15, 0.2) is 36.4 Å². The van der Waals surface area contributed by atoms with E-state index in [4.69, 9.17) is 9.84 Å². The van der Waals surface area contributed by atoms with Gasteiger partial charge in [-0.1, -0.05) is 30.3 Å². The highest BCUT2D eigenvalue weighted by Gasteiger charge is 2.05. The summed E-state index contributed by atoms with van der Waals surface area (Å²) in [6.07, 6.45) is 0. The summed E-state index contributed by atoms with van der Waals surface area (Å²) in [5, 5.41) is 15.1. The van der Waals surface area contributed by atoms with E-state index in [-0.39, 0.29) is 12.5 Å². The lowest BCUT2D eigenvalue weighted by molar-refractivity contribution is -0.139.